The first-order valence-electron chi connectivity index (χ1n) is 2.64. The van der Waals surface area contributed by atoms with E-state index in [1.807, 2.05) is 0 Å². The van der Waals surface area contributed by atoms with Gasteiger partial charge in [0.1, 0.15) is 4.33 Å². The van der Waals surface area contributed by atoms with E-state index in [0.717, 1.165) is 0 Å². The Labute approximate surface area is 63.1 Å². The normalized spacial score (nSPS) is 12.7. The summed E-state index contributed by atoms with van der Waals surface area (Å²) in [5, 5.41) is 0. The summed E-state index contributed by atoms with van der Waals surface area (Å²) in [6.07, 6.45) is -2.52. The van der Waals surface area contributed by atoms with Crippen molar-refractivity contribution in [1.82, 2.24) is 0 Å². The Morgan fingerprint density at radius 3 is 2.00 bits per heavy atom. The van der Waals surface area contributed by atoms with Gasteiger partial charge in [-0.05, 0) is 6.42 Å². The molecule has 0 aliphatic carbocycles. The lowest BCUT2D eigenvalue weighted by molar-refractivity contribution is 0.131. The van der Waals surface area contributed by atoms with Crippen LogP contribution in [-0.2, 0) is 0 Å². The maximum Gasteiger partial charge on any atom is 0.241 e. The first-order chi connectivity index (χ1) is 3.98. The summed E-state index contributed by atoms with van der Waals surface area (Å²) in [5.41, 5.74) is 0. The number of hydrogen-bond donors (Lipinski definition) is 0. The largest absolute Gasteiger partial charge is 0.241 e. The molecule has 0 unspecified atom stereocenters. The van der Waals surface area contributed by atoms with Crippen molar-refractivity contribution in [3.8, 4) is 0 Å². The Morgan fingerprint density at radius 1 is 1.44 bits per heavy atom. The van der Waals surface area contributed by atoms with E-state index in [4.69, 9.17) is 23.2 Å². The molecular formula is C5H8Cl2F2. The molecule has 0 saturated heterocycles. The fourth-order valence-electron chi connectivity index (χ4n) is 0.370. The molecule has 0 spiro atoms. The predicted octanol–water partition coefficient (Wildman–Crippen LogP) is 3.23. The highest BCUT2D eigenvalue weighted by Crippen LogP contribution is 2.31. The smallest absolute Gasteiger partial charge is 0.210 e. The molecule has 0 aromatic heterocycles. The van der Waals surface area contributed by atoms with Gasteiger partial charge in [-0.2, -0.15) is 0 Å². The molecule has 0 nitrogen and oxygen atoms in total. The predicted molar refractivity (Wildman–Crippen MR) is 35.3 cm³/mol. The summed E-state index contributed by atoms with van der Waals surface area (Å²) in [4.78, 5) is 0. The average molecular weight is 177 g/mol. The summed E-state index contributed by atoms with van der Waals surface area (Å²) in [7, 11) is 0. The van der Waals surface area contributed by atoms with Crippen molar-refractivity contribution in [2.45, 2.75) is 30.5 Å². The Morgan fingerprint density at radius 2 is 1.89 bits per heavy atom. The summed E-state index contributed by atoms with van der Waals surface area (Å²) in [6.45, 7) is 1.67. The van der Waals surface area contributed by atoms with Gasteiger partial charge in [-0.1, -0.05) is 6.92 Å². The van der Waals surface area contributed by atoms with Gasteiger partial charge in [-0.15, -0.1) is 23.2 Å². The van der Waals surface area contributed by atoms with Crippen LogP contribution in [0.3, 0.4) is 0 Å². The SMILES string of the molecule is CCC(Cl)(Cl)CC(F)F. The molecule has 0 aliphatic rings. The molecule has 0 amide bonds. The zero-order chi connectivity index (χ0) is 7.49. The number of rotatable bonds is 3. The van der Waals surface area contributed by atoms with E-state index in [0.29, 0.717) is 6.42 Å². The van der Waals surface area contributed by atoms with Crippen molar-refractivity contribution in [2.24, 2.45) is 0 Å². The van der Waals surface area contributed by atoms with Gasteiger partial charge in [0.15, 0.2) is 0 Å². The molecular weight excluding hydrogens is 169 g/mol. The molecule has 0 atom stereocenters. The molecule has 0 rings (SSSR count). The van der Waals surface area contributed by atoms with Crippen molar-refractivity contribution in [1.29, 1.82) is 0 Å². The molecule has 56 valence electrons. The van der Waals surface area contributed by atoms with Gasteiger partial charge in [0.25, 0.3) is 0 Å². The van der Waals surface area contributed by atoms with Crippen molar-refractivity contribution in [3.63, 3.8) is 0 Å². The van der Waals surface area contributed by atoms with Gasteiger partial charge in [0, 0.05) is 6.42 Å². The van der Waals surface area contributed by atoms with E-state index in [1.165, 1.54) is 0 Å². The van der Waals surface area contributed by atoms with Gasteiger partial charge in [0.2, 0.25) is 6.43 Å². The van der Waals surface area contributed by atoms with Crippen LogP contribution in [0.2, 0.25) is 0 Å². The maximum atomic E-state index is 11.5. The molecule has 0 aromatic carbocycles. The molecule has 4 heteroatoms. The summed E-state index contributed by atoms with van der Waals surface area (Å²) < 4.78 is 21.9. The minimum Gasteiger partial charge on any atom is -0.210 e. The molecule has 0 heterocycles. The second-order valence-electron chi connectivity index (χ2n) is 1.80. The van der Waals surface area contributed by atoms with Crippen LogP contribution in [0.5, 0.6) is 0 Å². The molecule has 0 N–H and O–H groups in total. The van der Waals surface area contributed by atoms with E-state index >= 15 is 0 Å². The minimum absolute atomic E-state index is 0.348. The van der Waals surface area contributed by atoms with Gasteiger partial charge in [-0.3, -0.25) is 0 Å². The van der Waals surface area contributed by atoms with E-state index in [2.05, 4.69) is 0 Å². The van der Waals surface area contributed by atoms with Crippen LogP contribution in [0, 0.1) is 0 Å². The van der Waals surface area contributed by atoms with E-state index in [-0.39, 0.29) is 0 Å². The van der Waals surface area contributed by atoms with E-state index < -0.39 is 17.2 Å². The van der Waals surface area contributed by atoms with Crippen LogP contribution in [0.4, 0.5) is 8.78 Å². The molecule has 0 aliphatic heterocycles. The Kier molecular flexibility index (Phi) is 3.74. The second kappa shape index (κ2) is 3.57. The van der Waals surface area contributed by atoms with E-state index in [1.54, 1.807) is 6.92 Å². The molecule has 0 radical (unpaired) electrons. The fourth-order valence-corrected chi connectivity index (χ4v) is 0.603. The topological polar surface area (TPSA) is 0 Å². The van der Waals surface area contributed by atoms with Crippen LogP contribution in [0.1, 0.15) is 19.8 Å². The summed E-state index contributed by atoms with van der Waals surface area (Å²) >= 11 is 10.8. The summed E-state index contributed by atoms with van der Waals surface area (Å²) in [5.74, 6) is 0. The second-order valence-corrected chi connectivity index (χ2v) is 3.45. The van der Waals surface area contributed by atoms with Crippen LogP contribution < -0.4 is 0 Å². The average Bonchev–Trinajstić information content (AvgIpc) is 1.63. The zero-order valence-electron chi connectivity index (χ0n) is 5.00. The highest BCUT2D eigenvalue weighted by atomic mass is 35.5. The monoisotopic (exact) mass is 176 g/mol. The van der Waals surface area contributed by atoms with Gasteiger partial charge < -0.3 is 0 Å². The van der Waals surface area contributed by atoms with E-state index in [9.17, 15) is 8.78 Å². The third-order valence-electron chi connectivity index (χ3n) is 0.970. The Balaban J connectivity index is 3.58. The van der Waals surface area contributed by atoms with Gasteiger partial charge >= 0.3 is 0 Å². The molecule has 9 heavy (non-hydrogen) atoms. The van der Waals surface area contributed by atoms with Crippen LogP contribution in [-0.4, -0.2) is 10.8 Å². The molecule has 0 fully saturated rings. The van der Waals surface area contributed by atoms with Crippen molar-refractivity contribution >= 4 is 23.2 Å². The minimum atomic E-state index is -2.42. The zero-order valence-corrected chi connectivity index (χ0v) is 6.52. The van der Waals surface area contributed by atoms with Crippen LogP contribution in [0.25, 0.3) is 0 Å². The molecule has 0 aromatic rings. The van der Waals surface area contributed by atoms with Gasteiger partial charge in [0.05, 0.1) is 0 Å². The van der Waals surface area contributed by atoms with Crippen molar-refractivity contribution in [3.05, 3.63) is 0 Å². The van der Waals surface area contributed by atoms with Crippen LogP contribution in [0.15, 0.2) is 0 Å². The lowest BCUT2D eigenvalue weighted by Crippen LogP contribution is -2.15. The standard InChI is InChI=1S/C5H8Cl2F2/c1-2-5(6,7)3-4(8)9/h4H,2-3H2,1H3. The molecule has 0 bridgehead atoms. The van der Waals surface area contributed by atoms with Crippen molar-refractivity contribution < 1.29 is 8.78 Å². The Hall–Kier alpha value is 0.440. The molecule has 0 saturated carbocycles. The first kappa shape index (κ1) is 9.44. The quantitative estimate of drug-likeness (QED) is 0.580. The third-order valence-corrected chi connectivity index (χ3v) is 1.81. The number of halogens is 4. The third kappa shape index (κ3) is 4.91. The maximum absolute atomic E-state index is 11.5. The lowest BCUT2D eigenvalue weighted by atomic mass is 10.2. The summed E-state index contributed by atoms with van der Waals surface area (Å²) in [6, 6.07) is 0. The Bertz CT molecular complexity index is 83.0. The highest BCUT2D eigenvalue weighted by molar-refractivity contribution is 6.48. The lowest BCUT2D eigenvalue weighted by Gasteiger charge is -2.15. The first-order valence-corrected chi connectivity index (χ1v) is 3.39. The highest BCUT2D eigenvalue weighted by Gasteiger charge is 2.25. The van der Waals surface area contributed by atoms with Crippen LogP contribution >= 0.6 is 23.2 Å². The fraction of sp³-hybridized carbons (Fsp3) is 1.00. The number of hydrogen-bond acceptors (Lipinski definition) is 0. The van der Waals surface area contributed by atoms with Crippen molar-refractivity contribution in [2.75, 3.05) is 0 Å². The number of alkyl halides is 4. The van der Waals surface area contributed by atoms with Gasteiger partial charge in [-0.25, -0.2) is 8.78 Å².